The third-order valence-corrected chi connectivity index (χ3v) is 5.42. The molecule has 2 atom stereocenters. The number of amides is 2. The van der Waals surface area contributed by atoms with Gasteiger partial charge in [0.2, 0.25) is 11.8 Å². The lowest BCUT2D eigenvalue weighted by molar-refractivity contribution is -0.151. The predicted molar refractivity (Wildman–Crippen MR) is 82.6 cm³/mol. The molecule has 2 aliphatic rings. The first-order valence-electron chi connectivity index (χ1n) is 7.73. The Kier molecular flexibility index (Phi) is 5.35. The van der Waals surface area contributed by atoms with Crippen molar-refractivity contribution in [3.05, 3.63) is 0 Å². The fourth-order valence-electron chi connectivity index (χ4n) is 3.07. The summed E-state index contributed by atoms with van der Waals surface area (Å²) < 4.78 is 0. The molecule has 4 nitrogen and oxygen atoms in total. The van der Waals surface area contributed by atoms with E-state index in [1.165, 1.54) is 24.3 Å². The number of hydrogen-bond acceptors (Lipinski definition) is 3. The minimum atomic E-state index is -0.344. The molecule has 0 spiro atoms. The van der Waals surface area contributed by atoms with Crippen LogP contribution in [0, 0.1) is 11.8 Å². The highest BCUT2D eigenvalue weighted by atomic mass is 32.2. The molecule has 114 valence electrons. The number of carbonyl (C=O) groups is 2. The second-order valence-corrected chi connectivity index (χ2v) is 7.43. The molecule has 2 fully saturated rings. The van der Waals surface area contributed by atoms with Crippen LogP contribution in [-0.2, 0) is 9.59 Å². The summed E-state index contributed by atoms with van der Waals surface area (Å²) in [5, 5.41) is 2.90. The molecule has 0 bridgehead atoms. The normalized spacial score (nSPS) is 28.9. The van der Waals surface area contributed by atoms with Gasteiger partial charge in [0.1, 0.15) is 12.1 Å². The lowest BCUT2D eigenvalue weighted by Crippen LogP contribution is -2.65. The first-order valence-corrected chi connectivity index (χ1v) is 8.88. The van der Waals surface area contributed by atoms with Crippen molar-refractivity contribution in [1.29, 1.82) is 0 Å². The van der Waals surface area contributed by atoms with Gasteiger partial charge in [0.05, 0.1) is 0 Å². The minimum absolute atomic E-state index is 0.0241. The Balaban J connectivity index is 2.11. The molecule has 2 rings (SSSR count). The number of nitrogens with zero attached hydrogens (tertiary/aromatic N) is 1. The third-order valence-electron chi connectivity index (χ3n) is 4.37. The molecule has 0 aromatic rings. The zero-order chi connectivity index (χ0) is 14.7. The third kappa shape index (κ3) is 3.30. The largest absolute Gasteiger partial charge is 0.342 e. The topological polar surface area (TPSA) is 49.4 Å². The molecule has 2 amide bonds. The molecule has 2 aliphatic heterocycles. The molecule has 2 heterocycles. The van der Waals surface area contributed by atoms with E-state index in [0.29, 0.717) is 12.3 Å². The van der Waals surface area contributed by atoms with Crippen LogP contribution in [0.1, 0.15) is 40.0 Å². The van der Waals surface area contributed by atoms with Gasteiger partial charge >= 0.3 is 0 Å². The predicted octanol–water partition coefficient (Wildman–Crippen LogP) is 1.89. The summed E-state index contributed by atoms with van der Waals surface area (Å²) in [5.74, 6) is 3.22. The molecule has 5 heteroatoms. The Morgan fingerprint density at radius 2 is 1.95 bits per heavy atom. The van der Waals surface area contributed by atoms with Gasteiger partial charge in [-0.25, -0.2) is 0 Å². The standard InChI is InChI=1S/C15H26N2O2S/c1-4-12-14(18)16-13(10(2)3)15(19)17(12)9-11-5-7-20-8-6-11/h10-13H,4-9H2,1-3H3,(H,16,18). The molecule has 2 unspecified atom stereocenters. The Labute approximate surface area is 126 Å². The molecule has 0 saturated carbocycles. The Bertz CT molecular complexity index is 367. The van der Waals surface area contributed by atoms with E-state index in [9.17, 15) is 9.59 Å². The van der Waals surface area contributed by atoms with Gasteiger partial charge in [-0.1, -0.05) is 20.8 Å². The van der Waals surface area contributed by atoms with Gasteiger partial charge in [0, 0.05) is 6.54 Å². The summed E-state index contributed by atoms with van der Waals surface area (Å²) in [7, 11) is 0. The van der Waals surface area contributed by atoms with E-state index in [1.54, 1.807) is 0 Å². The van der Waals surface area contributed by atoms with Crippen LogP contribution < -0.4 is 5.32 Å². The molecule has 2 saturated heterocycles. The van der Waals surface area contributed by atoms with Crippen molar-refractivity contribution in [2.45, 2.75) is 52.1 Å². The van der Waals surface area contributed by atoms with Crippen LogP contribution in [0.15, 0.2) is 0 Å². The molecule has 0 radical (unpaired) electrons. The van der Waals surface area contributed by atoms with Crippen molar-refractivity contribution in [3.63, 3.8) is 0 Å². The van der Waals surface area contributed by atoms with Crippen molar-refractivity contribution < 1.29 is 9.59 Å². The van der Waals surface area contributed by atoms with Crippen molar-refractivity contribution >= 4 is 23.6 Å². The number of thioether (sulfide) groups is 1. The molecule has 20 heavy (non-hydrogen) atoms. The molecular formula is C15H26N2O2S. The highest BCUT2D eigenvalue weighted by Gasteiger charge is 2.41. The monoisotopic (exact) mass is 298 g/mol. The number of rotatable bonds is 4. The quantitative estimate of drug-likeness (QED) is 0.862. The van der Waals surface area contributed by atoms with Crippen LogP contribution in [0.3, 0.4) is 0 Å². The summed E-state index contributed by atoms with van der Waals surface area (Å²) in [4.78, 5) is 26.8. The Morgan fingerprint density at radius 3 is 2.50 bits per heavy atom. The second-order valence-electron chi connectivity index (χ2n) is 6.20. The fraction of sp³-hybridized carbons (Fsp3) is 0.867. The van der Waals surface area contributed by atoms with Gasteiger partial charge < -0.3 is 10.2 Å². The van der Waals surface area contributed by atoms with E-state index in [2.05, 4.69) is 5.32 Å². The number of carbonyl (C=O) groups excluding carboxylic acids is 2. The lowest BCUT2D eigenvalue weighted by Gasteiger charge is -2.42. The Hall–Kier alpha value is -0.710. The van der Waals surface area contributed by atoms with Crippen LogP contribution in [-0.4, -0.2) is 46.8 Å². The maximum atomic E-state index is 12.7. The summed E-state index contributed by atoms with van der Waals surface area (Å²) in [6.45, 7) is 6.72. The zero-order valence-electron chi connectivity index (χ0n) is 12.7. The van der Waals surface area contributed by atoms with E-state index >= 15 is 0 Å². The molecule has 0 aromatic heterocycles. The zero-order valence-corrected chi connectivity index (χ0v) is 13.5. The number of nitrogens with one attached hydrogen (secondary N) is 1. The number of hydrogen-bond donors (Lipinski definition) is 1. The second kappa shape index (κ2) is 6.83. The highest BCUT2D eigenvalue weighted by Crippen LogP contribution is 2.26. The average Bonchev–Trinajstić information content (AvgIpc) is 2.43. The first kappa shape index (κ1) is 15.7. The van der Waals surface area contributed by atoms with Gasteiger partial charge in [-0.3, -0.25) is 9.59 Å². The van der Waals surface area contributed by atoms with Crippen LogP contribution in [0.5, 0.6) is 0 Å². The van der Waals surface area contributed by atoms with E-state index in [4.69, 9.17) is 0 Å². The molecule has 1 N–H and O–H groups in total. The fourth-order valence-corrected chi connectivity index (χ4v) is 4.27. The van der Waals surface area contributed by atoms with Gasteiger partial charge in [-0.2, -0.15) is 11.8 Å². The first-order chi connectivity index (χ1) is 9.54. The maximum Gasteiger partial charge on any atom is 0.246 e. The van der Waals surface area contributed by atoms with Crippen molar-refractivity contribution in [2.24, 2.45) is 11.8 Å². The van der Waals surface area contributed by atoms with E-state index < -0.39 is 0 Å². The molecule has 0 aromatic carbocycles. The van der Waals surface area contributed by atoms with Crippen molar-refractivity contribution in [1.82, 2.24) is 10.2 Å². The lowest BCUT2D eigenvalue weighted by atomic mass is 9.94. The van der Waals surface area contributed by atoms with Crippen LogP contribution in [0.4, 0.5) is 0 Å². The molecular weight excluding hydrogens is 272 g/mol. The summed E-state index contributed by atoms with van der Waals surface area (Å²) in [6, 6.07) is -0.615. The van der Waals surface area contributed by atoms with Crippen molar-refractivity contribution in [3.8, 4) is 0 Å². The van der Waals surface area contributed by atoms with Gasteiger partial charge in [0.15, 0.2) is 0 Å². The van der Waals surface area contributed by atoms with Crippen LogP contribution in [0.25, 0.3) is 0 Å². The van der Waals surface area contributed by atoms with Crippen molar-refractivity contribution in [2.75, 3.05) is 18.1 Å². The van der Waals surface area contributed by atoms with Crippen LogP contribution >= 0.6 is 11.8 Å². The highest BCUT2D eigenvalue weighted by molar-refractivity contribution is 7.99. The van der Waals surface area contributed by atoms with Gasteiger partial charge in [0.25, 0.3) is 0 Å². The van der Waals surface area contributed by atoms with E-state index in [-0.39, 0.29) is 29.8 Å². The molecule has 0 aliphatic carbocycles. The maximum absolute atomic E-state index is 12.7. The summed E-state index contributed by atoms with van der Waals surface area (Å²) in [6.07, 6.45) is 3.03. The Morgan fingerprint density at radius 1 is 1.30 bits per heavy atom. The van der Waals surface area contributed by atoms with Gasteiger partial charge in [-0.15, -0.1) is 0 Å². The number of piperazine rings is 1. The summed E-state index contributed by atoms with van der Waals surface area (Å²) >= 11 is 1.99. The van der Waals surface area contributed by atoms with E-state index in [1.807, 2.05) is 37.4 Å². The minimum Gasteiger partial charge on any atom is -0.342 e. The smallest absolute Gasteiger partial charge is 0.246 e. The average molecular weight is 298 g/mol. The van der Waals surface area contributed by atoms with Crippen LogP contribution in [0.2, 0.25) is 0 Å². The van der Waals surface area contributed by atoms with E-state index in [0.717, 1.165) is 6.54 Å². The summed E-state index contributed by atoms with van der Waals surface area (Å²) in [5.41, 5.74) is 0. The van der Waals surface area contributed by atoms with Gasteiger partial charge in [-0.05, 0) is 42.6 Å². The SMILES string of the molecule is CCC1C(=O)NC(C(C)C)C(=O)N1CC1CCSCC1.